The van der Waals surface area contributed by atoms with Crippen LogP contribution in [0.4, 0.5) is 5.69 Å². The number of aliphatic imine (C=N–C) groups is 1. The minimum Gasteiger partial charge on any atom is -0.475 e. The van der Waals surface area contributed by atoms with Gasteiger partial charge in [-0.1, -0.05) is 42.5 Å². The number of halogens is 1. The van der Waals surface area contributed by atoms with E-state index in [1.54, 1.807) is 0 Å². The van der Waals surface area contributed by atoms with Crippen LogP contribution in [0.3, 0.4) is 0 Å². The summed E-state index contributed by atoms with van der Waals surface area (Å²) in [4.78, 5) is 6.76. The number of benzene rings is 2. The zero-order valence-corrected chi connectivity index (χ0v) is 15.3. The van der Waals surface area contributed by atoms with Crippen LogP contribution in [0.2, 0.25) is 0 Å². The largest absolute Gasteiger partial charge is 0.475 e. The molecule has 0 fully saturated rings. The Hall–Kier alpha value is -2.30. The first-order chi connectivity index (χ1) is 11.7. The van der Waals surface area contributed by atoms with Crippen LogP contribution in [0.25, 0.3) is 6.08 Å². The topological polar surface area (TPSA) is 34.1 Å². The zero-order valence-electron chi connectivity index (χ0n) is 14.5. The summed E-state index contributed by atoms with van der Waals surface area (Å²) in [5, 5.41) is 0. The molecular weight excluding hydrogens is 336 g/mol. The molecule has 3 rings (SSSR count). The SMILES string of the molecule is CN(C)CCCOC1=Nc2ccccc2OC1=Cc1ccccc1.Cl. The first kappa shape index (κ1) is 19.0. The molecule has 1 heterocycles. The maximum atomic E-state index is 6.02. The molecule has 4 nitrogen and oxygen atoms in total. The van der Waals surface area contributed by atoms with E-state index in [0.29, 0.717) is 18.3 Å². The highest BCUT2D eigenvalue weighted by Gasteiger charge is 2.20. The number of nitrogens with zero attached hydrogens (tertiary/aromatic N) is 2. The van der Waals surface area contributed by atoms with Gasteiger partial charge in [-0.25, -0.2) is 4.99 Å². The van der Waals surface area contributed by atoms with Crippen LogP contribution in [-0.2, 0) is 4.74 Å². The fourth-order valence-electron chi connectivity index (χ4n) is 2.41. The molecule has 0 bridgehead atoms. The maximum Gasteiger partial charge on any atom is 0.258 e. The van der Waals surface area contributed by atoms with E-state index in [1.165, 1.54) is 0 Å². The van der Waals surface area contributed by atoms with Crippen molar-refractivity contribution in [2.75, 3.05) is 27.2 Å². The minimum absolute atomic E-state index is 0. The van der Waals surface area contributed by atoms with Crippen molar-refractivity contribution in [2.24, 2.45) is 4.99 Å². The fourth-order valence-corrected chi connectivity index (χ4v) is 2.41. The van der Waals surface area contributed by atoms with Gasteiger partial charge in [0, 0.05) is 6.54 Å². The van der Waals surface area contributed by atoms with Crippen molar-refractivity contribution < 1.29 is 9.47 Å². The molecule has 2 aromatic carbocycles. The van der Waals surface area contributed by atoms with Crippen LogP contribution in [0.1, 0.15) is 12.0 Å². The van der Waals surface area contributed by atoms with Crippen molar-refractivity contribution >= 4 is 30.1 Å². The van der Waals surface area contributed by atoms with Crippen LogP contribution < -0.4 is 4.74 Å². The van der Waals surface area contributed by atoms with E-state index < -0.39 is 0 Å². The lowest BCUT2D eigenvalue weighted by atomic mass is 10.2. The molecule has 0 saturated heterocycles. The monoisotopic (exact) mass is 358 g/mol. The number of fused-ring (bicyclic) bond motifs is 1. The second-order valence-electron chi connectivity index (χ2n) is 5.91. The first-order valence-corrected chi connectivity index (χ1v) is 8.12. The van der Waals surface area contributed by atoms with Gasteiger partial charge in [0.2, 0.25) is 0 Å². The molecule has 0 radical (unpaired) electrons. The second-order valence-corrected chi connectivity index (χ2v) is 5.91. The Morgan fingerprint density at radius 1 is 1.04 bits per heavy atom. The van der Waals surface area contributed by atoms with E-state index in [0.717, 1.165) is 30.0 Å². The van der Waals surface area contributed by atoms with Gasteiger partial charge in [0.1, 0.15) is 5.69 Å². The number of para-hydroxylation sites is 2. The van der Waals surface area contributed by atoms with Gasteiger partial charge in [0.15, 0.2) is 11.5 Å². The van der Waals surface area contributed by atoms with Crippen LogP contribution >= 0.6 is 12.4 Å². The maximum absolute atomic E-state index is 6.02. The standard InChI is InChI=1S/C20H22N2O2.ClH/c1-22(2)13-8-14-23-20-19(15-16-9-4-3-5-10-16)24-18-12-7-6-11-17(18)21-20;/h3-7,9-12,15H,8,13-14H2,1-2H3;1H. The summed E-state index contributed by atoms with van der Waals surface area (Å²) >= 11 is 0. The number of hydrogen-bond acceptors (Lipinski definition) is 4. The van der Waals surface area contributed by atoms with Crippen molar-refractivity contribution in [3.8, 4) is 5.75 Å². The Morgan fingerprint density at radius 2 is 1.76 bits per heavy atom. The lowest BCUT2D eigenvalue weighted by Gasteiger charge is -2.20. The molecular formula is C20H23ClN2O2. The van der Waals surface area contributed by atoms with Crippen molar-refractivity contribution in [3.05, 3.63) is 65.9 Å². The summed E-state index contributed by atoms with van der Waals surface area (Å²) < 4.78 is 11.9. The fraction of sp³-hybridized carbons (Fsp3) is 0.250. The number of rotatable bonds is 5. The summed E-state index contributed by atoms with van der Waals surface area (Å²) in [7, 11) is 4.11. The Balaban J connectivity index is 0.00000225. The van der Waals surface area contributed by atoms with E-state index >= 15 is 0 Å². The average Bonchev–Trinajstić information content (AvgIpc) is 2.59. The molecule has 0 N–H and O–H groups in total. The van der Waals surface area contributed by atoms with Gasteiger partial charge in [-0.15, -0.1) is 12.4 Å². The lowest BCUT2D eigenvalue weighted by molar-refractivity contribution is 0.259. The molecule has 25 heavy (non-hydrogen) atoms. The van der Waals surface area contributed by atoms with Gasteiger partial charge in [0.05, 0.1) is 6.61 Å². The van der Waals surface area contributed by atoms with E-state index in [2.05, 4.69) is 24.0 Å². The third kappa shape index (κ3) is 5.34. The third-order valence-electron chi connectivity index (χ3n) is 3.60. The van der Waals surface area contributed by atoms with Gasteiger partial charge < -0.3 is 14.4 Å². The van der Waals surface area contributed by atoms with E-state index in [1.807, 2.05) is 60.7 Å². The molecule has 0 aromatic heterocycles. The van der Waals surface area contributed by atoms with Crippen LogP contribution in [0.15, 0.2) is 65.3 Å². The van der Waals surface area contributed by atoms with Crippen molar-refractivity contribution in [3.63, 3.8) is 0 Å². The lowest BCUT2D eigenvalue weighted by Crippen LogP contribution is -2.19. The molecule has 0 aliphatic carbocycles. The molecule has 2 aromatic rings. The van der Waals surface area contributed by atoms with Crippen molar-refractivity contribution in [2.45, 2.75) is 6.42 Å². The Morgan fingerprint density at radius 3 is 2.52 bits per heavy atom. The predicted octanol–water partition coefficient (Wildman–Crippen LogP) is 4.54. The molecule has 0 atom stereocenters. The van der Waals surface area contributed by atoms with Gasteiger partial charge in [-0.05, 0) is 44.3 Å². The smallest absolute Gasteiger partial charge is 0.258 e. The Labute approximate surface area is 155 Å². The predicted molar refractivity (Wildman–Crippen MR) is 105 cm³/mol. The van der Waals surface area contributed by atoms with Crippen LogP contribution in [0.5, 0.6) is 5.75 Å². The van der Waals surface area contributed by atoms with Crippen LogP contribution in [0, 0.1) is 0 Å². The minimum atomic E-state index is 0. The van der Waals surface area contributed by atoms with E-state index in [4.69, 9.17) is 9.47 Å². The third-order valence-corrected chi connectivity index (χ3v) is 3.60. The zero-order chi connectivity index (χ0) is 16.8. The normalized spacial score (nSPS) is 14.4. The molecule has 0 amide bonds. The number of hydrogen-bond donors (Lipinski definition) is 0. The van der Waals surface area contributed by atoms with E-state index in [-0.39, 0.29) is 12.4 Å². The van der Waals surface area contributed by atoms with Gasteiger partial charge >= 0.3 is 0 Å². The quantitative estimate of drug-likeness (QED) is 0.736. The summed E-state index contributed by atoms with van der Waals surface area (Å²) in [5.74, 6) is 1.93. The molecule has 132 valence electrons. The molecule has 0 spiro atoms. The van der Waals surface area contributed by atoms with Gasteiger partial charge in [-0.3, -0.25) is 0 Å². The van der Waals surface area contributed by atoms with Crippen molar-refractivity contribution in [1.82, 2.24) is 4.90 Å². The van der Waals surface area contributed by atoms with Crippen LogP contribution in [-0.4, -0.2) is 38.0 Å². The molecule has 5 heteroatoms. The summed E-state index contributed by atoms with van der Waals surface area (Å²) in [6, 6.07) is 17.8. The molecule has 0 saturated carbocycles. The highest BCUT2D eigenvalue weighted by atomic mass is 35.5. The summed E-state index contributed by atoms with van der Waals surface area (Å²) in [5.41, 5.74) is 1.85. The highest BCUT2D eigenvalue weighted by Crippen LogP contribution is 2.34. The van der Waals surface area contributed by atoms with Gasteiger partial charge in [-0.2, -0.15) is 0 Å². The second kappa shape index (κ2) is 9.25. The summed E-state index contributed by atoms with van der Waals surface area (Å²) in [6.45, 7) is 1.58. The number of ether oxygens (including phenoxy) is 2. The molecule has 1 aliphatic rings. The molecule has 0 unspecified atom stereocenters. The van der Waals surface area contributed by atoms with E-state index in [9.17, 15) is 0 Å². The Kier molecular flexibility index (Phi) is 7.04. The highest BCUT2D eigenvalue weighted by molar-refractivity contribution is 5.99. The molecule has 1 aliphatic heterocycles. The van der Waals surface area contributed by atoms with Gasteiger partial charge in [0.25, 0.3) is 5.90 Å². The summed E-state index contributed by atoms with van der Waals surface area (Å²) in [6.07, 6.45) is 2.90. The van der Waals surface area contributed by atoms with Crippen molar-refractivity contribution in [1.29, 1.82) is 0 Å². The first-order valence-electron chi connectivity index (χ1n) is 8.12. The average molecular weight is 359 g/mol. The Bertz CT molecular complexity index is 742.